The molecule has 1 saturated carbocycles. The van der Waals surface area contributed by atoms with Crippen LogP contribution in [0.2, 0.25) is 0 Å². The number of amides is 1. The van der Waals surface area contributed by atoms with E-state index >= 15 is 0 Å². The van der Waals surface area contributed by atoms with E-state index in [4.69, 9.17) is 0 Å². The van der Waals surface area contributed by atoms with E-state index in [1.54, 1.807) is 0 Å². The summed E-state index contributed by atoms with van der Waals surface area (Å²) in [6, 6.07) is 0. The van der Waals surface area contributed by atoms with Gasteiger partial charge in [0, 0.05) is 6.54 Å². The van der Waals surface area contributed by atoms with Crippen molar-refractivity contribution in [1.82, 2.24) is 10.6 Å². The molecule has 18 heavy (non-hydrogen) atoms. The molecule has 102 valence electrons. The molecule has 2 rings (SSSR count). The topological polar surface area (TPSA) is 78.4 Å². The van der Waals surface area contributed by atoms with Crippen LogP contribution < -0.4 is 10.6 Å². The number of carbonyl (C=O) groups excluding carboxylic acids is 1. The van der Waals surface area contributed by atoms with Crippen LogP contribution in [0.4, 0.5) is 0 Å². The fourth-order valence-corrected chi connectivity index (χ4v) is 3.13. The highest BCUT2D eigenvalue weighted by molar-refractivity contribution is 5.88. The Morgan fingerprint density at radius 1 is 1.39 bits per heavy atom. The van der Waals surface area contributed by atoms with Crippen LogP contribution >= 0.6 is 0 Å². The number of carbonyl (C=O) groups is 2. The molecule has 3 unspecified atom stereocenters. The normalized spacial score (nSPS) is 36.3. The van der Waals surface area contributed by atoms with Crippen LogP contribution in [-0.2, 0) is 9.59 Å². The third kappa shape index (κ3) is 2.66. The lowest BCUT2D eigenvalue weighted by Gasteiger charge is -2.37. The molecule has 0 aromatic heterocycles. The molecular formula is C13H22N2O3. The predicted molar refractivity (Wildman–Crippen MR) is 67.1 cm³/mol. The second kappa shape index (κ2) is 5.26. The Hall–Kier alpha value is -1.10. The van der Waals surface area contributed by atoms with Gasteiger partial charge in [-0.1, -0.05) is 19.8 Å². The summed E-state index contributed by atoms with van der Waals surface area (Å²) in [5.41, 5.74) is -1.03. The van der Waals surface area contributed by atoms with E-state index in [2.05, 4.69) is 17.6 Å². The third-order valence-corrected chi connectivity index (χ3v) is 4.20. The predicted octanol–water partition coefficient (Wildman–Crippen LogP) is 0.746. The fraction of sp³-hybridized carbons (Fsp3) is 0.846. The van der Waals surface area contributed by atoms with Crippen LogP contribution in [0, 0.1) is 11.8 Å². The number of nitrogens with one attached hydrogen (secondary N) is 2. The Labute approximate surface area is 107 Å². The van der Waals surface area contributed by atoms with Crippen LogP contribution in [0.15, 0.2) is 0 Å². The largest absolute Gasteiger partial charge is 0.480 e. The molecule has 3 N–H and O–H groups in total. The third-order valence-electron chi connectivity index (χ3n) is 4.20. The molecule has 0 bridgehead atoms. The first kappa shape index (κ1) is 13.3. The minimum absolute atomic E-state index is 0.0709. The zero-order valence-corrected chi connectivity index (χ0v) is 10.9. The molecule has 2 aliphatic rings. The van der Waals surface area contributed by atoms with E-state index in [1.165, 1.54) is 0 Å². The summed E-state index contributed by atoms with van der Waals surface area (Å²) in [5.74, 6) is -0.694. The highest BCUT2D eigenvalue weighted by Crippen LogP contribution is 2.33. The maximum absolute atomic E-state index is 12.1. The maximum Gasteiger partial charge on any atom is 0.329 e. The van der Waals surface area contributed by atoms with Crippen molar-refractivity contribution in [3.05, 3.63) is 0 Å². The highest BCUT2D eigenvalue weighted by atomic mass is 16.4. The lowest BCUT2D eigenvalue weighted by Crippen LogP contribution is -2.58. The maximum atomic E-state index is 12.1. The molecule has 0 radical (unpaired) electrons. The molecule has 1 heterocycles. The zero-order valence-electron chi connectivity index (χ0n) is 10.9. The van der Waals surface area contributed by atoms with Crippen molar-refractivity contribution in [2.75, 3.05) is 13.1 Å². The van der Waals surface area contributed by atoms with Crippen molar-refractivity contribution in [1.29, 1.82) is 0 Å². The molecule has 5 nitrogen and oxygen atoms in total. The average molecular weight is 254 g/mol. The van der Waals surface area contributed by atoms with Crippen LogP contribution in [0.3, 0.4) is 0 Å². The Morgan fingerprint density at radius 3 is 2.72 bits per heavy atom. The number of hydrogen-bond acceptors (Lipinski definition) is 3. The first-order valence-corrected chi connectivity index (χ1v) is 6.80. The van der Waals surface area contributed by atoms with Crippen LogP contribution in [0.5, 0.6) is 0 Å². The van der Waals surface area contributed by atoms with Crippen LogP contribution in [-0.4, -0.2) is 35.6 Å². The van der Waals surface area contributed by atoms with Crippen molar-refractivity contribution in [3.63, 3.8) is 0 Å². The van der Waals surface area contributed by atoms with E-state index in [9.17, 15) is 14.7 Å². The summed E-state index contributed by atoms with van der Waals surface area (Å²) in [6.45, 7) is 3.56. The van der Waals surface area contributed by atoms with Crippen molar-refractivity contribution < 1.29 is 14.7 Å². The summed E-state index contributed by atoms with van der Waals surface area (Å²) >= 11 is 0. The Bertz CT molecular complexity index is 339. The molecule has 1 amide bonds. The van der Waals surface area contributed by atoms with Gasteiger partial charge >= 0.3 is 5.97 Å². The average Bonchev–Trinajstić information content (AvgIpc) is 2.82. The lowest BCUT2D eigenvalue weighted by atomic mass is 9.76. The summed E-state index contributed by atoms with van der Waals surface area (Å²) in [6.07, 6.45) is 3.83. The van der Waals surface area contributed by atoms with E-state index in [1.807, 2.05) is 0 Å². The second-order valence-corrected chi connectivity index (χ2v) is 5.77. The quantitative estimate of drug-likeness (QED) is 0.694. The highest BCUT2D eigenvalue weighted by Gasteiger charge is 2.44. The summed E-state index contributed by atoms with van der Waals surface area (Å²) in [7, 11) is 0. The van der Waals surface area contributed by atoms with Gasteiger partial charge in [-0.2, -0.15) is 0 Å². The molecule has 1 saturated heterocycles. The van der Waals surface area contributed by atoms with E-state index in [-0.39, 0.29) is 11.8 Å². The van der Waals surface area contributed by atoms with E-state index in [0.717, 1.165) is 25.8 Å². The SMILES string of the molecule is CC1CCCC(NC(=O)C2CCNC2)(C(=O)O)C1. The van der Waals surface area contributed by atoms with Gasteiger partial charge in [0.2, 0.25) is 5.91 Å². The van der Waals surface area contributed by atoms with Gasteiger partial charge in [-0.25, -0.2) is 4.79 Å². The van der Waals surface area contributed by atoms with Gasteiger partial charge in [0.15, 0.2) is 0 Å². The lowest BCUT2D eigenvalue weighted by molar-refractivity contribution is -0.150. The Balaban J connectivity index is 2.05. The van der Waals surface area contributed by atoms with Gasteiger partial charge in [0.25, 0.3) is 0 Å². The summed E-state index contributed by atoms with van der Waals surface area (Å²) < 4.78 is 0. The van der Waals surface area contributed by atoms with Crippen molar-refractivity contribution in [2.45, 2.75) is 44.6 Å². The minimum atomic E-state index is -1.03. The Kier molecular flexibility index (Phi) is 3.90. The standard InChI is InChI=1S/C13H22N2O3/c1-9-3-2-5-13(7-9,12(17)18)15-11(16)10-4-6-14-8-10/h9-10,14H,2-8H2,1H3,(H,15,16)(H,17,18). The molecule has 1 aliphatic carbocycles. The van der Waals surface area contributed by atoms with Crippen molar-refractivity contribution >= 4 is 11.9 Å². The van der Waals surface area contributed by atoms with Crippen molar-refractivity contribution in [3.8, 4) is 0 Å². The first-order chi connectivity index (χ1) is 8.53. The molecule has 1 aliphatic heterocycles. The van der Waals surface area contributed by atoms with Gasteiger partial charge in [-0.15, -0.1) is 0 Å². The molecule has 3 atom stereocenters. The molecule has 2 fully saturated rings. The number of carboxylic acids is 1. The van der Waals surface area contributed by atoms with E-state index in [0.29, 0.717) is 25.3 Å². The number of hydrogen-bond donors (Lipinski definition) is 3. The van der Waals surface area contributed by atoms with Gasteiger partial charge < -0.3 is 15.7 Å². The monoisotopic (exact) mass is 254 g/mol. The molecule has 5 heteroatoms. The van der Waals surface area contributed by atoms with E-state index < -0.39 is 11.5 Å². The number of rotatable bonds is 3. The molecule has 0 aromatic carbocycles. The van der Waals surface area contributed by atoms with Gasteiger partial charge in [-0.05, 0) is 31.7 Å². The smallest absolute Gasteiger partial charge is 0.329 e. The van der Waals surface area contributed by atoms with Gasteiger partial charge in [0.05, 0.1) is 5.92 Å². The zero-order chi connectivity index (χ0) is 13.2. The first-order valence-electron chi connectivity index (χ1n) is 6.80. The van der Waals surface area contributed by atoms with Crippen molar-refractivity contribution in [2.24, 2.45) is 11.8 Å². The summed E-state index contributed by atoms with van der Waals surface area (Å²) in [4.78, 5) is 23.7. The van der Waals surface area contributed by atoms with Gasteiger partial charge in [-0.3, -0.25) is 4.79 Å². The molecule has 0 aromatic rings. The number of carboxylic acid groups (broad SMARTS) is 1. The van der Waals surface area contributed by atoms with Crippen LogP contribution in [0.1, 0.15) is 39.0 Å². The fourth-order valence-electron chi connectivity index (χ4n) is 3.13. The summed E-state index contributed by atoms with van der Waals surface area (Å²) in [5, 5.41) is 15.4. The Morgan fingerprint density at radius 2 is 2.17 bits per heavy atom. The molecular weight excluding hydrogens is 232 g/mol. The minimum Gasteiger partial charge on any atom is -0.480 e. The van der Waals surface area contributed by atoms with Gasteiger partial charge in [0.1, 0.15) is 5.54 Å². The molecule has 0 spiro atoms. The number of aliphatic carboxylic acids is 1. The second-order valence-electron chi connectivity index (χ2n) is 5.77. The van der Waals surface area contributed by atoms with Crippen LogP contribution in [0.25, 0.3) is 0 Å².